The van der Waals surface area contributed by atoms with Crippen molar-refractivity contribution < 1.29 is 30.7 Å². The van der Waals surface area contributed by atoms with Gasteiger partial charge in [0.25, 0.3) is 0 Å². The van der Waals surface area contributed by atoms with Crippen molar-refractivity contribution in [2.45, 2.75) is 101 Å². The summed E-state index contributed by atoms with van der Waals surface area (Å²) in [6.45, 7) is 6.80. The molecule has 1 amide bonds. The van der Waals surface area contributed by atoms with Gasteiger partial charge in [-0.3, -0.25) is 0 Å². The topological polar surface area (TPSA) is 41.6 Å². The first kappa shape index (κ1) is 28.6. The van der Waals surface area contributed by atoms with E-state index in [0.29, 0.717) is 6.42 Å². The van der Waals surface area contributed by atoms with Gasteiger partial charge < -0.3 is 0 Å². The zero-order valence-electron chi connectivity index (χ0n) is 21.0. The van der Waals surface area contributed by atoms with E-state index in [0.717, 1.165) is 39.3 Å². The van der Waals surface area contributed by atoms with Gasteiger partial charge in [-0.2, -0.15) is 0 Å². The van der Waals surface area contributed by atoms with Gasteiger partial charge in [0.05, 0.1) is 0 Å². The van der Waals surface area contributed by atoms with E-state index in [1.54, 1.807) is 0 Å². The van der Waals surface area contributed by atoms with E-state index in [4.69, 9.17) is 4.74 Å². The molecule has 0 aromatic heterocycles. The molecule has 2 rings (SSSR count). The van der Waals surface area contributed by atoms with Gasteiger partial charge in [0.15, 0.2) is 0 Å². The molecule has 1 aromatic carbocycles. The molecule has 1 aliphatic rings. The summed E-state index contributed by atoms with van der Waals surface area (Å²) in [4.78, 5) is 15.1. The Hall–Kier alpha value is -0.660. The Balaban J connectivity index is 1.53. The fraction of sp³-hybridized carbons (Fsp3) is 0.750. The molecule has 190 valence electrons. The average Bonchev–Trinajstić information content (AvgIpc) is 2.83. The normalized spacial score (nSPS) is 15.5. The SMILES string of the molecule is CCCCCCCCCCCCCCCC(=O)N[C@H](CN1CCOCC1)[I-]c1ccccc1. The molecule has 0 spiro atoms. The number of rotatable bonds is 19. The third kappa shape index (κ3) is 15.0. The van der Waals surface area contributed by atoms with Crippen molar-refractivity contribution in [2.24, 2.45) is 0 Å². The van der Waals surface area contributed by atoms with E-state index in [1.807, 2.05) is 0 Å². The van der Waals surface area contributed by atoms with Crippen LogP contribution in [0.25, 0.3) is 0 Å². The number of carbonyl (C=O) groups is 1. The second-order valence-corrected chi connectivity index (χ2v) is 12.7. The summed E-state index contributed by atoms with van der Waals surface area (Å²) in [5, 5.41) is 3.38. The monoisotopic (exact) mass is 571 g/mol. The van der Waals surface area contributed by atoms with Gasteiger partial charge >= 0.3 is 175 Å². The van der Waals surface area contributed by atoms with Gasteiger partial charge in [-0.05, 0) is 0 Å². The molecule has 4 nitrogen and oxygen atoms in total. The Kier molecular flexibility index (Phi) is 17.0. The van der Waals surface area contributed by atoms with Crippen molar-refractivity contribution >= 4 is 5.91 Å². The molecule has 1 aliphatic heterocycles. The third-order valence-corrected chi connectivity index (χ3v) is 9.23. The molecule has 1 saturated heterocycles. The standard InChI is InChI=1S/C28H48IN2O2/c1-2-3-4-5-6-7-8-9-10-11-12-13-17-20-28(32)30-27(25-31-21-23-33-24-22-31)29-26-18-15-14-16-19-26/h14-16,18-19,27H,2-13,17,20-25H2,1H3,(H,30,32)/q-1/t27-/m1/s1. The van der Waals surface area contributed by atoms with E-state index in [2.05, 4.69) is 47.5 Å². The number of benzene rings is 1. The summed E-state index contributed by atoms with van der Waals surface area (Å²) < 4.78 is 7.17. The van der Waals surface area contributed by atoms with E-state index < -0.39 is 0 Å². The van der Waals surface area contributed by atoms with Gasteiger partial charge in [-0.25, -0.2) is 0 Å². The number of nitrogens with zero attached hydrogens (tertiary/aromatic N) is 1. The molecule has 5 heteroatoms. The first-order chi connectivity index (χ1) is 16.3. The van der Waals surface area contributed by atoms with Gasteiger partial charge in [-0.1, -0.05) is 39.0 Å². The summed E-state index contributed by atoms with van der Waals surface area (Å²) in [5.41, 5.74) is 0. The molecule has 0 bridgehead atoms. The van der Waals surface area contributed by atoms with Gasteiger partial charge in [-0.15, -0.1) is 0 Å². The minimum atomic E-state index is -0.253. The number of unbranched alkanes of at least 4 members (excludes halogenated alkanes) is 12. The first-order valence-corrected chi connectivity index (χ1v) is 15.9. The summed E-state index contributed by atoms with van der Waals surface area (Å²) in [6.07, 6.45) is 18.1. The van der Waals surface area contributed by atoms with Crippen LogP contribution in [-0.4, -0.2) is 47.7 Å². The number of carbonyl (C=O) groups excluding carboxylic acids is 1. The Labute approximate surface area is 213 Å². The van der Waals surface area contributed by atoms with Crippen molar-refractivity contribution in [1.29, 1.82) is 0 Å². The van der Waals surface area contributed by atoms with Gasteiger partial charge in [0, 0.05) is 0 Å². The number of ether oxygens (including phenoxy) is 1. The second kappa shape index (κ2) is 19.6. The molecule has 0 unspecified atom stereocenters. The minimum absolute atomic E-state index is 0.243. The number of hydrogen-bond acceptors (Lipinski definition) is 3. The molecular formula is C28H48IN2O2-. The third-order valence-electron chi connectivity index (χ3n) is 6.34. The van der Waals surface area contributed by atoms with Gasteiger partial charge in [0.1, 0.15) is 0 Å². The quantitative estimate of drug-likeness (QED) is 0.120. The van der Waals surface area contributed by atoms with Crippen LogP contribution in [0.15, 0.2) is 30.3 Å². The predicted octanol–water partition coefficient (Wildman–Crippen LogP) is 3.20. The van der Waals surface area contributed by atoms with Crippen LogP contribution >= 0.6 is 0 Å². The first-order valence-electron chi connectivity index (χ1n) is 13.6. The predicted molar refractivity (Wildman–Crippen MR) is 135 cm³/mol. The molecule has 1 fully saturated rings. The molecular weight excluding hydrogens is 523 g/mol. The van der Waals surface area contributed by atoms with Crippen molar-refractivity contribution in [2.75, 3.05) is 32.8 Å². The van der Waals surface area contributed by atoms with Crippen LogP contribution < -0.4 is 26.5 Å². The molecule has 0 aliphatic carbocycles. The van der Waals surface area contributed by atoms with E-state index in [-0.39, 0.29) is 31.2 Å². The van der Waals surface area contributed by atoms with E-state index in [1.165, 1.54) is 80.6 Å². The number of morpholine rings is 1. The Bertz CT molecular complexity index is 593. The van der Waals surface area contributed by atoms with E-state index in [9.17, 15) is 4.79 Å². The number of alkyl halides is 1. The Morgan fingerprint density at radius 3 is 2.00 bits per heavy atom. The number of nitrogens with one attached hydrogen (secondary N) is 1. The van der Waals surface area contributed by atoms with Crippen LogP contribution in [0.4, 0.5) is 0 Å². The van der Waals surface area contributed by atoms with Crippen molar-refractivity contribution in [3.05, 3.63) is 33.9 Å². The number of amides is 1. The van der Waals surface area contributed by atoms with Crippen LogP contribution in [0.3, 0.4) is 0 Å². The van der Waals surface area contributed by atoms with Crippen LogP contribution in [0.5, 0.6) is 0 Å². The average molecular weight is 572 g/mol. The van der Waals surface area contributed by atoms with Crippen LogP contribution in [0, 0.1) is 3.57 Å². The summed E-state index contributed by atoms with van der Waals surface area (Å²) >= 11 is -0.253. The fourth-order valence-corrected chi connectivity index (χ4v) is 7.26. The molecule has 0 saturated carbocycles. The number of hydrogen-bond donors (Lipinski definition) is 1. The van der Waals surface area contributed by atoms with Crippen molar-refractivity contribution in [1.82, 2.24) is 10.2 Å². The zero-order chi connectivity index (χ0) is 23.4. The summed E-state index contributed by atoms with van der Waals surface area (Å²) in [5.74, 6) is 0.243. The van der Waals surface area contributed by atoms with E-state index >= 15 is 0 Å². The molecule has 33 heavy (non-hydrogen) atoms. The summed E-state index contributed by atoms with van der Waals surface area (Å²) in [6, 6.07) is 10.7. The maximum atomic E-state index is 12.6. The van der Waals surface area contributed by atoms with Crippen LogP contribution in [0.1, 0.15) is 96.8 Å². The summed E-state index contributed by atoms with van der Waals surface area (Å²) in [7, 11) is 0. The van der Waals surface area contributed by atoms with Crippen molar-refractivity contribution in [3.8, 4) is 0 Å². The molecule has 1 aromatic rings. The molecule has 1 heterocycles. The Morgan fingerprint density at radius 2 is 1.42 bits per heavy atom. The van der Waals surface area contributed by atoms with Crippen LogP contribution in [0.2, 0.25) is 0 Å². The second-order valence-electron chi connectivity index (χ2n) is 9.35. The zero-order valence-corrected chi connectivity index (χ0v) is 23.2. The van der Waals surface area contributed by atoms with Crippen LogP contribution in [-0.2, 0) is 9.53 Å². The molecule has 1 N–H and O–H groups in total. The molecule has 1 atom stereocenters. The Morgan fingerprint density at radius 1 is 0.879 bits per heavy atom. The van der Waals surface area contributed by atoms with Crippen molar-refractivity contribution in [3.63, 3.8) is 0 Å². The van der Waals surface area contributed by atoms with Gasteiger partial charge in [0.2, 0.25) is 0 Å². The fourth-order valence-electron chi connectivity index (χ4n) is 4.31. The molecule has 0 radical (unpaired) electrons. The maximum absolute atomic E-state index is 12.6. The number of halogens is 1.